The molecule has 2 atom stereocenters. The summed E-state index contributed by atoms with van der Waals surface area (Å²) in [4.78, 5) is 10.4. The van der Waals surface area contributed by atoms with Crippen LogP contribution in [-0.4, -0.2) is 17.8 Å². The summed E-state index contributed by atoms with van der Waals surface area (Å²) in [6.45, 7) is 3.07. The fourth-order valence-corrected chi connectivity index (χ4v) is 1.52. The molecule has 0 radical (unpaired) electrons. The van der Waals surface area contributed by atoms with Gasteiger partial charge in [0, 0.05) is 5.92 Å². The number of carbonyl (C=O) groups is 1. The van der Waals surface area contributed by atoms with Crippen molar-refractivity contribution in [2.45, 2.75) is 13.8 Å². The topological polar surface area (TPSA) is 37.3 Å². The van der Waals surface area contributed by atoms with Gasteiger partial charge in [-0.1, -0.05) is 13.8 Å². The first-order valence-corrected chi connectivity index (χ1v) is 3.30. The van der Waals surface area contributed by atoms with Crippen molar-refractivity contribution in [3.8, 4) is 0 Å². The fourth-order valence-electron chi connectivity index (χ4n) is 1.52. The number of alkyl halides is 1. The van der Waals surface area contributed by atoms with E-state index in [1.807, 2.05) is 0 Å². The Morgan fingerprint density at radius 3 is 2.30 bits per heavy atom. The molecule has 0 aromatic heterocycles. The summed E-state index contributed by atoms with van der Waals surface area (Å²) in [5, 5.41) is 8.52. The molecule has 0 aromatic rings. The van der Waals surface area contributed by atoms with Crippen LogP contribution < -0.4 is 0 Å². The first-order valence-electron chi connectivity index (χ1n) is 3.30. The average Bonchev–Trinajstić information content (AvgIpc) is 2.33. The van der Waals surface area contributed by atoms with E-state index in [1.165, 1.54) is 0 Å². The number of carboxylic acids is 1. The van der Waals surface area contributed by atoms with Crippen molar-refractivity contribution in [1.82, 2.24) is 0 Å². The summed E-state index contributed by atoms with van der Waals surface area (Å²) in [6, 6.07) is 0. The van der Waals surface area contributed by atoms with Crippen LogP contribution in [0.15, 0.2) is 0 Å². The monoisotopic (exact) mass is 146 g/mol. The van der Waals surface area contributed by atoms with E-state index < -0.39 is 18.6 Å². The molecular weight excluding hydrogens is 135 g/mol. The van der Waals surface area contributed by atoms with E-state index in [0.29, 0.717) is 0 Å². The summed E-state index contributed by atoms with van der Waals surface area (Å²) in [7, 11) is 0. The molecule has 3 heteroatoms. The molecule has 1 aliphatic carbocycles. The van der Waals surface area contributed by atoms with Crippen molar-refractivity contribution < 1.29 is 14.3 Å². The Morgan fingerprint density at radius 1 is 1.70 bits per heavy atom. The lowest BCUT2D eigenvalue weighted by Gasteiger charge is -1.95. The van der Waals surface area contributed by atoms with Gasteiger partial charge in [-0.3, -0.25) is 9.18 Å². The minimum Gasteiger partial charge on any atom is -0.481 e. The van der Waals surface area contributed by atoms with E-state index in [9.17, 15) is 9.18 Å². The van der Waals surface area contributed by atoms with Crippen molar-refractivity contribution in [3.63, 3.8) is 0 Å². The number of carboxylic acid groups (broad SMARTS) is 1. The fraction of sp³-hybridized carbons (Fsp3) is 0.857. The molecule has 0 aromatic carbocycles. The molecule has 0 bridgehead atoms. The lowest BCUT2D eigenvalue weighted by molar-refractivity contribution is -0.139. The molecule has 0 aliphatic heterocycles. The van der Waals surface area contributed by atoms with Crippen LogP contribution >= 0.6 is 0 Å². The molecule has 1 saturated carbocycles. The molecular formula is C7H11FO2. The van der Waals surface area contributed by atoms with Crippen molar-refractivity contribution >= 4 is 5.97 Å². The second-order valence-corrected chi connectivity index (χ2v) is 3.40. The minimum absolute atomic E-state index is 0.259. The summed E-state index contributed by atoms with van der Waals surface area (Å²) in [6.07, 6.45) is 0. The smallest absolute Gasteiger partial charge is 0.307 e. The van der Waals surface area contributed by atoms with E-state index in [0.717, 1.165) is 0 Å². The Kier molecular flexibility index (Phi) is 1.46. The van der Waals surface area contributed by atoms with Gasteiger partial charge in [-0.25, -0.2) is 0 Å². The van der Waals surface area contributed by atoms with Gasteiger partial charge >= 0.3 is 5.97 Å². The molecule has 0 heterocycles. The Hall–Kier alpha value is -0.600. The first-order chi connectivity index (χ1) is 4.51. The van der Waals surface area contributed by atoms with Gasteiger partial charge in [-0.2, -0.15) is 0 Å². The largest absolute Gasteiger partial charge is 0.481 e. The van der Waals surface area contributed by atoms with Gasteiger partial charge in [0.25, 0.3) is 0 Å². The van der Waals surface area contributed by atoms with Gasteiger partial charge in [0.2, 0.25) is 0 Å². The number of halogens is 1. The second-order valence-electron chi connectivity index (χ2n) is 3.40. The van der Waals surface area contributed by atoms with Gasteiger partial charge in [-0.05, 0) is 5.41 Å². The Morgan fingerprint density at radius 2 is 2.20 bits per heavy atom. The minimum atomic E-state index is -0.868. The standard InChI is InChI=1S/C7H11FO2/c1-7(2)4(3-8)5(7)6(9)10/h4-5H,3H2,1-2H3,(H,9,10). The van der Waals surface area contributed by atoms with Crippen LogP contribution in [0.4, 0.5) is 4.39 Å². The molecule has 2 unspecified atom stereocenters. The lowest BCUT2D eigenvalue weighted by Crippen LogP contribution is -2.03. The Labute approximate surface area is 59.0 Å². The first kappa shape index (κ1) is 7.51. The van der Waals surface area contributed by atoms with E-state index in [4.69, 9.17) is 5.11 Å². The third kappa shape index (κ3) is 0.805. The zero-order chi connectivity index (χ0) is 7.94. The summed E-state index contributed by atoms with van der Waals surface area (Å²) in [5.41, 5.74) is -0.319. The van der Waals surface area contributed by atoms with Gasteiger partial charge in [0.15, 0.2) is 0 Å². The maximum Gasteiger partial charge on any atom is 0.307 e. The van der Waals surface area contributed by atoms with Crippen molar-refractivity contribution in [2.75, 3.05) is 6.67 Å². The summed E-state index contributed by atoms with van der Waals surface area (Å²) in [5.74, 6) is -1.59. The van der Waals surface area contributed by atoms with Crippen LogP contribution in [0.3, 0.4) is 0 Å². The number of hydrogen-bond donors (Lipinski definition) is 1. The SMILES string of the molecule is CC1(C)C(CF)C1C(=O)O. The van der Waals surface area contributed by atoms with Crippen LogP contribution in [-0.2, 0) is 4.79 Å². The molecule has 0 saturated heterocycles. The van der Waals surface area contributed by atoms with Crippen LogP contribution in [0, 0.1) is 17.3 Å². The van der Waals surface area contributed by atoms with Crippen LogP contribution in [0.25, 0.3) is 0 Å². The van der Waals surface area contributed by atoms with Gasteiger partial charge < -0.3 is 5.11 Å². The molecule has 1 fully saturated rings. The van der Waals surface area contributed by atoms with E-state index in [1.54, 1.807) is 13.8 Å². The zero-order valence-corrected chi connectivity index (χ0v) is 6.10. The maximum absolute atomic E-state index is 12.0. The van der Waals surface area contributed by atoms with E-state index in [-0.39, 0.29) is 11.3 Å². The quantitative estimate of drug-likeness (QED) is 0.637. The molecule has 10 heavy (non-hydrogen) atoms. The number of hydrogen-bond acceptors (Lipinski definition) is 1. The van der Waals surface area contributed by atoms with E-state index in [2.05, 4.69) is 0 Å². The molecule has 1 aliphatic rings. The van der Waals surface area contributed by atoms with Gasteiger partial charge in [0.05, 0.1) is 12.6 Å². The number of rotatable bonds is 2. The third-order valence-corrected chi connectivity index (χ3v) is 2.48. The maximum atomic E-state index is 12.0. The average molecular weight is 146 g/mol. The summed E-state index contributed by atoms with van der Waals surface area (Å²) < 4.78 is 12.0. The predicted octanol–water partition coefficient (Wildman–Crippen LogP) is 1.31. The summed E-state index contributed by atoms with van der Waals surface area (Å²) >= 11 is 0. The molecule has 0 spiro atoms. The van der Waals surface area contributed by atoms with Crippen LogP contribution in [0.1, 0.15) is 13.8 Å². The predicted molar refractivity (Wildman–Crippen MR) is 34.4 cm³/mol. The van der Waals surface area contributed by atoms with Gasteiger partial charge in [-0.15, -0.1) is 0 Å². The zero-order valence-electron chi connectivity index (χ0n) is 6.10. The molecule has 2 nitrogen and oxygen atoms in total. The highest BCUT2D eigenvalue weighted by Crippen LogP contribution is 2.58. The van der Waals surface area contributed by atoms with Crippen molar-refractivity contribution in [2.24, 2.45) is 17.3 Å². The normalized spacial score (nSPS) is 35.5. The Bertz CT molecular complexity index is 165. The third-order valence-electron chi connectivity index (χ3n) is 2.48. The van der Waals surface area contributed by atoms with Gasteiger partial charge in [0.1, 0.15) is 0 Å². The molecule has 58 valence electrons. The second kappa shape index (κ2) is 1.94. The highest BCUT2D eigenvalue weighted by molar-refractivity contribution is 5.75. The van der Waals surface area contributed by atoms with E-state index >= 15 is 0 Å². The molecule has 0 amide bonds. The molecule has 1 N–H and O–H groups in total. The Balaban J connectivity index is 2.61. The lowest BCUT2D eigenvalue weighted by atomic mass is 10.1. The van der Waals surface area contributed by atoms with Crippen molar-refractivity contribution in [3.05, 3.63) is 0 Å². The number of aliphatic carboxylic acids is 1. The highest BCUT2D eigenvalue weighted by atomic mass is 19.1. The van der Waals surface area contributed by atoms with Crippen molar-refractivity contribution in [1.29, 1.82) is 0 Å². The van der Waals surface area contributed by atoms with Crippen LogP contribution in [0.2, 0.25) is 0 Å². The molecule has 1 rings (SSSR count). The van der Waals surface area contributed by atoms with Crippen LogP contribution in [0.5, 0.6) is 0 Å². The highest BCUT2D eigenvalue weighted by Gasteiger charge is 2.62.